The van der Waals surface area contributed by atoms with Gasteiger partial charge in [0.25, 0.3) is 0 Å². The van der Waals surface area contributed by atoms with Crippen molar-refractivity contribution in [3.63, 3.8) is 0 Å². The van der Waals surface area contributed by atoms with Crippen molar-refractivity contribution in [1.29, 1.82) is 0 Å². The van der Waals surface area contributed by atoms with Gasteiger partial charge in [0.1, 0.15) is 6.10 Å². The number of likely N-dealkylation sites (N-methyl/N-ethyl adjacent to an activating group) is 1. The smallest absolute Gasteiger partial charge is 0.387 e. The van der Waals surface area contributed by atoms with Crippen molar-refractivity contribution < 1.29 is 27.8 Å². The number of nitrogens with zero attached hydrogens (tertiary/aromatic N) is 2. The number of rotatable bonds is 10. The van der Waals surface area contributed by atoms with E-state index in [1.165, 1.54) is 30.2 Å². The summed E-state index contributed by atoms with van der Waals surface area (Å²) in [6.07, 6.45) is 4.39. The molecule has 2 atom stereocenters. The van der Waals surface area contributed by atoms with E-state index in [0.717, 1.165) is 25.1 Å². The monoisotopic (exact) mass is 532 g/mol. The first kappa shape index (κ1) is 25.3. The highest BCUT2D eigenvalue weighted by Crippen LogP contribution is 2.38. The molecule has 0 unspecified atom stereocenters. The third-order valence-electron chi connectivity index (χ3n) is 5.65. The molecule has 4 rings (SSSR count). The van der Waals surface area contributed by atoms with E-state index in [9.17, 15) is 13.6 Å². The van der Waals surface area contributed by atoms with E-state index in [1.807, 2.05) is 11.9 Å². The van der Waals surface area contributed by atoms with Crippen molar-refractivity contribution in [2.24, 2.45) is 5.92 Å². The number of thioether (sulfide) groups is 1. The summed E-state index contributed by atoms with van der Waals surface area (Å²) >= 11 is 14.2. The zero-order chi connectivity index (χ0) is 24.2. The lowest BCUT2D eigenvalue weighted by atomic mass is 10.0. The first-order valence-electron chi connectivity index (χ1n) is 10.8. The zero-order valence-electron chi connectivity index (χ0n) is 18.4. The van der Waals surface area contributed by atoms with Gasteiger partial charge >= 0.3 is 12.6 Å². The van der Waals surface area contributed by atoms with Crippen LogP contribution in [0.2, 0.25) is 10.0 Å². The summed E-state index contributed by atoms with van der Waals surface area (Å²) in [5.41, 5.74) is 1.12. The SMILES string of the molecule is CN1CCS[C@H]1C(=O)O[C@@H](Cc1c(Cl)cncc1Cl)c1ccc(OC(F)F)c(OCC2CC2)c1. The van der Waals surface area contributed by atoms with Gasteiger partial charge in [-0.1, -0.05) is 29.3 Å². The van der Waals surface area contributed by atoms with Gasteiger partial charge in [0.2, 0.25) is 0 Å². The summed E-state index contributed by atoms with van der Waals surface area (Å²) < 4.78 is 42.3. The summed E-state index contributed by atoms with van der Waals surface area (Å²) in [5, 5.41) is 0.241. The number of carbonyl (C=O) groups excluding carboxylic acids is 1. The van der Waals surface area contributed by atoms with Crippen LogP contribution in [0.25, 0.3) is 0 Å². The summed E-state index contributed by atoms with van der Waals surface area (Å²) in [7, 11) is 1.86. The second-order valence-electron chi connectivity index (χ2n) is 8.25. The molecule has 184 valence electrons. The Kier molecular flexibility index (Phi) is 8.39. The topological polar surface area (TPSA) is 60.9 Å². The molecule has 11 heteroatoms. The van der Waals surface area contributed by atoms with Gasteiger partial charge in [-0.2, -0.15) is 8.78 Å². The van der Waals surface area contributed by atoms with Crippen molar-refractivity contribution in [3.05, 3.63) is 51.8 Å². The Hall–Kier alpha value is -1.81. The molecule has 1 aromatic heterocycles. The lowest BCUT2D eigenvalue weighted by Gasteiger charge is -2.24. The van der Waals surface area contributed by atoms with Crippen LogP contribution in [0, 0.1) is 5.92 Å². The second kappa shape index (κ2) is 11.3. The third kappa shape index (κ3) is 6.44. The minimum absolute atomic E-state index is 0.0736. The largest absolute Gasteiger partial charge is 0.489 e. The number of pyridine rings is 1. The predicted octanol–water partition coefficient (Wildman–Crippen LogP) is 5.61. The number of aromatic nitrogens is 1. The van der Waals surface area contributed by atoms with E-state index in [-0.39, 0.29) is 17.9 Å². The summed E-state index contributed by atoms with van der Waals surface area (Å²) in [6.45, 7) is -1.82. The number of alkyl halides is 2. The predicted molar refractivity (Wildman–Crippen MR) is 127 cm³/mol. The molecule has 0 bridgehead atoms. The Labute approximate surface area is 210 Å². The fraction of sp³-hybridized carbons (Fsp3) is 0.478. The van der Waals surface area contributed by atoms with Crippen molar-refractivity contribution >= 4 is 40.9 Å². The first-order chi connectivity index (χ1) is 16.3. The Morgan fingerprint density at radius 2 is 1.97 bits per heavy atom. The first-order valence-corrected chi connectivity index (χ1v) is 12.6. The summed E-state index contributed by atoms with van der Waals surface area (Å²) in [4.78, 5) is 18.9. The maximum atomic E-state index is 13.0. The molecular formula is C23H24Cl2F2N2O4S. The van der Waals surface area contributed by atoms with Gasteiger partial charge in [0.15, 0.2) is 16.9 Å². The number of halogens is 4. The molecule has 34 heavy (non-hydrogen) atoms. The molecule has 0 amide bonds. The van der Waals surface area contributed by atoms with Crippen LogP contribution in [0.15, 0.2) is 30.6 Å². The van der Waals surface area contributed by atoms with E-state index in [1.54, 1.807) is 12.1 Å². The number of esters is 1. The minimum Gasteiger partial charge on any atom is -0.489 e. The van der Waals surface area contributed by atoms with Crippen molar-refractivity contribution in [3.8, 4) is 11.5 Å². The highest BCUT2D eigenvalue weighted by molar-refractivity contribution is 8.00. The van der Waals surface area contributed by atoms with Gasteiger partial charge in [-0.15, -0.1) is 11.8 Å². The molecule has 2 fully saturated rings. The van der Waals surface area contributed by atoms with Gasteiger partial charge in [-0.25, -0.2) is 4.79 Å². The van der Waals surface area contributed by atoms with E-state index >= 15 is 0 Å². The lowest BCUT2D eigenvalue weighted by Crippen LogP contribution is -2.33. The lowest BCUT2D eigenvalue weighted by molar-refractivity contribution is -0.151. The van der Waals surface area contributed by atoms with Crippen LogP contribution in [-0.2, 0) is 16.0 Å². The van der Waals surface area contributed by atoms with E-state index in [4.69, 9.17) is 32.7 Å². The number of hydrogen-bond donors (Lipinski definition) is 0. The Morgan fingerprint density at radius 1 is 1.24 bits per heavy atom. The maximum absolute atomic E-state index is 13.0. The molecule has 6 nitrogen and oxygen atoms in total. The molecule has 1 aliphatic heterocycles. The normalized spacial score (nSPS) is 19.3. The van der Waals surface area contributed by atoms with Crippen LogP contribution >= 0.6 is 35.0 Å². The number of benzene rings is 1. The van der Waals surface area contributed by atoms with Gasteiger partial charge in [0, 0.05) is 31.1 Å². The second-order valence-corrected chi connectivity index (χ2v) is 10.3. The Balaban J connectivity index is 1.64. The number of ether oxygens (including phenoxy) is 3. The average Bonchev–Trinajstić information content (AvgIpc) is 3.52. The Bertz CT molecular complexity index is 1010. The molecule has 2 aliphatic rings. The molecule has 0 radical (unpaired) electrons. The standard InChI is InChI=1S/C23H24Cl2F2N2O4S/c1-29-6-7-34-21(29)22(30)32-19(9-15-16(24)10-28-11-17(15)25)14-4-5-18(33-23(26)27)20(8-14)31-12-13-2-3-13/h4-5,8,10-11,13,19,21,23H,2-3,6-7,9,12H2,1H3/t19-,21-/m0/s1. The molecule has 1 aliphatic carbocycles. The molecule has 2 heterocycles. The van der Waals surface area contributed by atoms with E-state index in [2.05, 4.69) is 9.72 Å². The van der Waals surface area contributed by atoms with Crippen molar-refractivity contribution in [2.75, 3.05) is 26.0 Å². The van der Waals surface area contributed by atoms with Gasteiger partial charge < -0.3 is 14.2 Å². The fourth-order valence-electron chi connectivity index (χ4n) is 3.57. The highest BCUT2D eigenvalue weighted by Gasteiger charge is 2.33. The van der Waals surface area contributed by atoms with E-state index < -0.39 is 24.1 Å². The van der Waals surface area contributed by atoms with Crippen LogP contribution in [0.1, 0.15) is 30.1 Å². The van der Waals surface area contributed by atoms with Gasteiger partial charge in [0.05, 0.1) is 16.7 Å². The van der Waals surface area contributed by atoms with Gasteiger partial charge in [-0.05, 0) is 49.1 Å². The highest BCUT2D eigenvalue weighted by atomic mass is 35.5. The number of hydrogen-bond acceptors (Lipinski definition) is 7. The molecule has 1 aromatic carbocycles. The van der Waals surface area contributed by atoms with Crippen LogP contribution < -0.4 is 9.47 Å². The quantitative estimate of drug-likeness (QED) is 0.368. The molecular weight excluding hydrogens is 509 g/mol. The molecule has 0 spiro atoms. The molecule has 1 saturated carbocycles. The average molecular weight is 533 g/mol. The summed E-state index contributed by atoms with van der Waals surface area (Å²) in [5.74, 6) is 0.924. The molecule has 2 aromatic rings. The fourth-order valence-corrected chi connectivity index (χ4v) is 5.26. The molecule has 0 N–H and O–H groups in total. The number of carbonyl (C=O) groups is 1. The minimum atomic E-state index is -2.99. The van der Waals surface area contributed by atoms with Crippen LogP contribution in [-0.4, -0.2) is 53.8 Å². The van der Waals surface area contributed by atoms with Crippen LogP contribution in [0.3, 0.4) is 0 Å². The van der Waals surface area contributed by atoms with Gasteiger partial charge in [-0.3, -0.25) is 9.88 Å². The maximum Gasteiger partial charge on any atom is 0.387 e. The van der Waals surface area contributed by atoms with Crippen molar-refractivity contribution in [1.82, 2.24) is 9.88 Å². The summed E-state index contributed by atoms with van der Waals surface area (Å²) in [6, 6.07) is 4.55. The van der Waals surface area contributed by atoms with Crippen LogP contribution in [0.5, 0.6) is 11.5 Å². The zero-order valence-corrected chi connectivity index (χ0v) is 20.7. The molecule has 1 saturated heterocycles. The van der Waals surface area contributed by atoms with Crippen molar-refractivity contribution in [2.45, 2.75) is 37.4 Å². The Morgan fingerprint density at radius 3 is 2.59 bits per heavy atom. The third-order valence-corrected chi connectivity index (χ3v) is 7.59. The van der Waals surface area contributed by atoms with Crippen LogP contribution in [0.4, 0.5) is 8.78 Å². The van der Waals surface area contributed by atoms with E-state index in [0.29, 0.717) is 33.7 Å².